The van der Waals surface area contributed by atoms with Gasteiger partial charge in [-0.25, -0.2) is 4.79 Å². The van der Waals surface area contributed by atoms with Crippen molar-refractivity contribution in [2.45, 2.75) is 18.9 Å². The first-order valence-corrected chi connectivity index (χ1v) is 6.49. The Kier molecular flexibility index (Phi) is 7.54. The van der Waals surface area contributed by atoms with Crippen LogP contribution in [-0.4, -0.2) is 32.2 Å². The second kappa shape index (κ2) is 9.30. The molecular formula is C15H22N2O2. The first-order chi connectivity index (χ1) is 9.22. The smallest absolute Gasteiger partial charge is 0.330 e. The van der Waals surface area contributed by atoms with Gasteiger partial charge in [0, 0.05) is 12.1 Å². The first kappa shape index (κ1) is 15.4. The molecule has 4 heteroatoms. The molecule has 0 bridgehead atoms. The van der Waals surface area contributed by atoms with Crippen molar-refractivity contribution in [2.24, 2.45) is 5.73 Å². The minimum absolute atomic E-state index is 0.334. The minimum atomic E-state index is -0.334. The van der Waals surface area contributed by atoms with Gasteiger partial charge >= 0.3 is 5.97 Å². The second-order valence-electron chi connectivity index (χ2n) is 4.35. The van der Waals surface area contributed by atoms with E-state index in [1.165, 1.54) is 13.2 Å². The summed E-state index contributed by atoms with van der Waals surface area (Å²) in [6, 6.07) is 10.1. The lowest BCUT2D eigenvalue weighted by Crippen LogP contribution is -2.35. The molecule has 2 rings (SSSR count). The van der Waals surface area contributed by atoms with Gasteiger partial charge in [0.05, 0.1) is 7.11 Å². The van der Waals surface area contributed by atoms with Crippen molar-refractivity contribution in [1.82, 2.24) is 5.32 Å². The lowest BCUT2D eigenvalue weighted by Gasteiger charge is -2.17. The van der Waals surface area contributed by atoms with Gasteiger partial charge < -0.3 is 15.8 Å². The van der Waals surface area contributed by atoms with Crippen molar-refractivity contribution in [1.29, 1.82) is 0 Å². The fourth-order valence-electron chi connectivity index (χ4n) is 1.64. The molecule has 104 valence electrons. The van der Waals surface area contributed by atoms with Crippen molar-refractivity contribution in [3.8, 4) is 0 Å². The Balaban J connectivity index is 0.000000218. The lowest BCUT2D eigenvalue weighted by atomic mass is 10.1. The van der Waals surface area contributed by atoms with Crippen molar-refractivity contribution >= 4 is 12.0 Å². The molecule has 3 N–H and O–H groups in total. The topological polar surface area (TPSA) is 64.3 Å². The molecule has 1 aromatic carbocycles. The van der Waals surface area contributed by atoms with E-state index in [0.717, 1.165) is 31.5 Å². The van der Waals surface area contributed by atoms with E-state index < -0.39 is 0 Å². The van der Waals surface area contributed by atoms with Crippen LogP contribution < -0.4 is 11.1 Å². The van der Waals surface area contributed by atoms with E-state index in [1.54, 1.807) is 6.08 Å². The van der Waals surface area contributed by atoms with Crippen LogP contribution in [0.5, 0.6) is 0 Å². The highest BCUT2D eigenvalue weighted by atomic mass is 16.5. The number of hydrogen-bond donors (Lipinski definition) is 2. The summed E-state index contributed by atoms with van der Waals surface area (Å²) in [5.74, 6) is -0.334. The van der Waals surface area contributed by atoms with Crippen molar-refractivity contribution in [3.63, 3.8) is 0 Å². The van der Waals surface area contributed by atoms with Gasteiger partial charge in [-0.1, -0.05) is 30.3 Å². The van der Waals surface area contributed by atoms with Crippen LogP contribution in [0.2, 0.25) is 0 Å². The Bertz CT molecular complexity index is 384. The number of ether oxygens (including phenoxy) is 1. The summed E-state index contributed by atoms with van der Waals surface area (Å²) in [5, 5.41) is 3.24. The van der Waals surface area contributed by atoms with E-state index in [-0.39, 0.29) is 5.97 Å². The fourth-order valence-corrected chi connectivity index (χ4v) is 1.64. The molecule has 1 saturated heterocycles. The maximum atomic E-state index is 10.7. The van der Waals surface area contributed by atoms with Gasteiger partial charge in [0.1, 0.15) is 0 Å². The number of methoxy groups -OCH3 is 1. The van der Waals surface area contributed by atoms with Crippen LogP contribution in [0.15, 0.2) is 36.4 Å². The normalized spacial score (nSPS) is 15.7. The van der Waals surface area contributed by atoms with Crippen molar-refractivity contribution in [3.05, 3.63) is 42.0 Å². The molecule has 0 radical (unpaired) electrons. The zero-order chi connectivity index (χ0) is 13.9. The highest BCUT2D eigenvalue weighted by Crippen LogP contribution is 2.00. The van der Waals surface area contributed by atoms with Crippen molar-refractivity contribution < 1.29 is 9.53 Å². The van der Waals surface area contributed by atoms with E-state index in [9.17, 15) is 4.79 Å². The molecule has 1 heterocycles. The van der Waals surface area contributed by atoms with Crippen LogP contribution in [-0.2, 0) is 9.53 Å². The molecule has 4 nitrogen and oxygen atoms in total. The van der Waals surface area contributed by atoms with E-state index in [0.29, 0.717) is 6.04 Å². The summed E-state index contributed by atoms with van der Waals surface area (Å²) in [5.41, 5.74) is 6.58. The van der Waals surface area contributed by atoms with Crippen LogP contribution in [0.25, 0.3) is 6.08 Å². The van der Waals surface area contributed by atoms with Gasteiger partial charge in [-0.3, -0.25) is 0 Å². The van der Waals surface area contributed by atoms with Gasteiger partial charge in [-0.15, -0.1) is 0 Å². The maximum absolute atomic E-state index is 10.7. The molecule has 0 atom stereocenters. The molecule has 0 spiro atoms. The molecule has 0 unspecified atom stereocenters. The van der Waals surface area contributed by atoms with Gasteiger partial charge in [-0.2, -0.15) is 0 Å². The predicted molar refractivity (Wildman–Crippen MR) is 77.6 cm³/mol. The largest absolute Gasteiger partial charge is 0.466 e. The number of piperidine rings is 1. The van der Waals surface area contributed by atoms with E-state index in [2.05, 4.69) is 10.1 Å². The number of nitrogens with two attached hydrogens (primary N) is 1. The van der Waals surface area contributed by atoms with Gasteiger partial charge in [0.25, 0.3) is 0 Å². The summed E-state index contributed by atoms with van der Waals surface area (Å²) in [4.78, 5) is 10.7. The SMILES string of the molecule is COC(=O)/C=C/c1ccccc1.NC1CCNCC1. The number of rotatable bonds is 2. The van der Waals surface area contributed by atoms with Gasteiger partial charge in [-0.05, 0) is 37.6 Å². The van der Waals surface area contributed by atoms with Crippen LogP contribution in [0.3, 0.4) is 0 Å². The number of benzene rings is 1. The standard InChI is InChI=1S/C10H10O2.C5H12N2/c1-12-10(11)8-7-9-5-3-2-4-6-9;6-5-1-3-7-4-2-5/h2-8H,1H3;5,7H,1-4,6H2/b8-7+;. The molecule has 0 aliphatic carbocycles. The van der Waals surface area contributed by atoms with Gasteiger partial charge in [0.2, 0.25) is 0 Å². The number of nitrogens with one attached hydrogen (secondary N) is 1. The summed E-state index contributed by atoms with van der Waals surface area (Å²) in [7, 11) is 1.36. The molecule has 1 fully saturated rings. The van der Waals surface area contributed by atoms with Crippen LogP contribution in [0.4, 0.5) is 0 Å². The van der Waals surface area contributed by atoms with Crippen LogP contribution in [0, 0.1) is 0 Å². The maximum Gasteiger partial charge on any atom is 0.330 e. The Morgan fingerprint density at radius 1 is 1.32 bits per heavy atom. The predicted octanol–water partition coefficient (Wildman–Crippen LogP) is 1.57. The Hall–Kier alpha value is -1.65. The molecule has 0 saturated carbocycles. The Morgan fingerprint density at radius 2 is 1.95 bits per heavy atom. The zero-order valence-electron chi connectivity index (χ0n) is 11.3. The lowest BCUT2D eigenvalue weighted by molar-refractivity contribution is -0.134. The number of carbonyl (C=O) groups is 1. The molecule has 19 heavy (non-hydrogen) atoms. The van der Waals surface area contributed by atoms with Crippen LogP contribution >= 0.6 is 0 Å². The third kappa shape index (κ3) is 7.39. The highest BCUT2D eigenvalue weighted by molar-refractivity contribution is 5.86. The number of hydrogen-bond acceptors (Lipinski definition) is 4. The minimum Gasteiger partial charge on any atom is -0.466 e. The zero-order valence-corrected chi connectivity index (χ0v) is 11.3. The molecule has 1 aliphatic rings. The molecule has 0 aromatic heterocycles. The average molecular weight is 262 g/mol. The Morgan fingerprint density at radius 3 is 2.42 bits per heavy atom. The first-order valence-electron chi connectivity index (χ1n) is 6.49. The summed E-state index contributed by atoms with van der Waals surface area (Å²) in [6.07, 6.45) is 5.42. The highest BCUT2D eigenvalue weighted by Gasteiger charge is 2.05. The quantitative estimate of drug-likeness (QED) is 0.627. The molecule has 1 aromatic rings. The fraction of sp³-hybridized carbons (Fsp3) is 0.400. The van der Waals surface area contributed by atoms with E-state index in [1.807, 2.05) is 30.3 Å². The second-order valence-corrected chi connectivity index (χ2v) is 4.35. The third-order valence-corrected chi connectivity index (χ3v) is 2.80. The van der Waals surface area contributed by atoms with Crippen LogP contribution in [0.1, 0.15) is 18.4 Å². The van der Waals surface area contributed by atoms with E-state index in [4.69, 9.17) is 5.73 Å². The number of carbonyl (C=O) groups excluding carboxylic acids is 1. The summed E-state index contributed by atoms with van der Waals surface area (Å²) in [6.45, 7) is 2.22. The summed E-state index contributed by atoms with van der Waals surface area (Å²) < 4.78 is 4.45. The van der Waals surface area contributed by atoms with Gasteiger partial charge in [0.15, 0.2) is 0 Å². The van der Waals surface area contributed by atoms with Crippen molar-refractivity contribution in [2.75, 3.05) is 20.2 Å². The monoisotopic (exact) mass is 262 g/mol. The molecular weight excluding hydrogens is 240 g/mol. The summed E-state index contributed by atoms with van der Waals surface area (Å²) >= 11 is 0. The van der Waals surface area contributed by atoms with E-state index >= 15 is 0 Å². The third-order valence-electron chi connectivity index (χ3n) is 2.80. The Labute approximate surface area is 114 Å². The number of esters is 1. The molecule has 0 amide bonds. The average Bonchev–Trinajstić information content (AvgIpc) is 2.47. The molecule has 1 aliphatic heterocycles.